The van der Waals surface area contributed by atoms with E-state index in [2.05, 4.69) is 38.8 Å². The van der Waals surface area contributed by atoms with Crippen LogP contribution in [0.1, 0.15) is 30.1 Å². The van der Waals surface area contributed by atoms with Gasteiger partial charge in [0, 0.05) is 11.7 Å². The fourth-order valence-electron chi connectivity index (χ4n) is 2.11. The van der Waals surface area contributed by atoms with Crippen molar-refractivity contribution in [3.8, 4) is 11.5 Å². The number of rotatable bonds is 2. The van der Waals surface area contributed by atoms with Gasteiger partial charge < -0.3 is 0 Å². The van der Waals surface area contributed by atoms with E-state index in [1.165, 1.54) is 18.4 Å². The van der Waals surface area contributed by atoms with Crippen molar-refractivity contribution in [3.05, 3.63) is 28.2 Å². The molecule has 17 heavy (non-hydrogen) atoms. The van der Waals surface area contributed by atoms with Crippen LogP contribution in [-0.2, 0) is 0 Å². The molecule has 1 aliphatic rings. The minimum atomic E-state index is 0.513. The standard InChI is InChI=1S/C12H14N4S/c1-7-5-8(2)13-10(6-7)11-14-15-12(17)16(11)9-3-4-9/h5-6,9H,3-4H2,1-2H3,(H,15,17). The van der Waals surface area contributed by atoms with Crippen LogP contribution in [0.4, 0.5) is 0 Å². The van der Waals surface area contributed by atoms with Crippen LogP contribution in [-0.4, -0.2) is 19.7 Å². The fraction of sp³-hybridized carbons (Fsp3) is 0.417. The van der Waals surface area contributed by atoms with E-state index in [-0.39, 0.29) is 0 Å². The second kappa shape index (κ2) is 3.77. The molecule has 1 aliphatic carbocycles. The van der Waals surface area contributed by atoms with E-state index in [4.69, 9.17) is 12.2 Å². The van der Waals surface area contributed by atoms with E-state index in [0.29, 0.717) is 10.8 Å². The Balaban J connectivity index is 2.17. The maximum Gasteiger partial charge on any atom is 0.195 e. The van der Waals surface area contributed by atoms with Gasteiger partial charge in [0.05, 0.1) is 0 Å². The third-order valence-electron chi connectivity index (χ3n) is 2.94. The molecular formula is C12H14N4S. The zero-order chi connectivity index (χ0) is 12.0. The van der Waals surface area contributed by atoms with E-state index >= 15 is 0 Å². The van der Waals surface area contributed by atoms with Crippen molar-refractivity contribution < 1.29 is 0 Å². The summed E-state index contributed by atoms with van der Waals surface area (Å²) < 4.78 is 2.79. The normalized spacial score (nSPS) is 15.2. The number of nitrogens with one attached hydrogen (secondary N) is 1. The van der Waals surface area contributed by atoms with Crippen molar-refractivity contribution in [2.24, 2.45) is 0 Å². The molecular weight excluding hydrogens is 232 g/mol. The molecule has 1 fully saturated rings. The van der Waals surface area contributed by atoms with Crippen molar-refractivity contribution in [1.29, 1.82) is 0 Å². The van der Waals surface area contributed by atoms with Crippen molar-refractivity contribution in [2.75, 3.05) is 0 Å². The van der Waals surface area contributed by atoms with E-state index in [1.807, 2.05) is 6.92 Å². The van der Waals surface area contributed by atoms with Crippen LogP contribution in [0.25, 0.3) is 11.5 Å². The van der Waals surface area contributed by atoms with Gasteiger partial charge in [-0.05, 0) is 56.6 Å². The van der Waals surface area contributed by atoms with Gasteiger partial charge in [-0.3, -0.25) is 9.67 Å². The molecule has 0 amide bonds. The summed E-state index contributed by atoms with van der Waals surface area (Å²) in [7, 11) is 0. The summed E-state index contributed by atoms with van der Waals surface area (Å²) in [5.74, 6) is 0.865. The van der Waals surface area contributed by atoms with Gasteiger partial charge >= 0.3 is 0 Å². The third kappa shape index (κ3) is 1.91. The molecule has 0 saturated heterocycles. The van der Waals surface area contributed by atoms with Crippen molar-refractivity contribution in [3.63, 3.8) is 0 Å². The Morgan fingerprint density at radius 1 is 1.35 bits per heavy atom. The summed E-state index contributed by atoms with van der Waals surface area (Å²) in [6.07, 6.45) is 2.37. The largest absolute Gasteiger partial charge is 0.296 e. The van der Waals surface area contributed by atoms with E-state index < -0.39 is 0 Å². The molecule has 1 N–H and O–H groups in total. The summed E-state index contributed by atoms with van der Waals surface area (Å²) in [5.41, 5.74) is 3.11. The van der Waals surface area contributed by atoms with Crippen LogP contribution < -0.4 is 0 Å². The Labute approximate surface area is 105 Å². The average molecular weight is 246 g/mol. The number of nitrogens with zero attached hydrogens (tertiary/aromatic N) is 3. The SMILES string of the molecule is Cc1cc(C)nc(-c2n[nH]c(=S)n2C2CC2)c1. The molecule has 0 atom stereocenters. The second-order valence-corrected chi connectivity index (χ2v) is 5.01. The number of hydrogen-bond acceptors (Lipinski definition) is 3. The molecule has 0 spiro atoms. The molecule has 2 heterocycles. The van der Waals surface area contributed by atoms with Crippen LogP contribution in [0.5, 0.6) is 0 Å². The third-order valence-corrected chi connectivity index (χ3v) is 3.23. The highest BCUT2D eigenvalue weighted by atomic mass is 32.1. The lowest BCUT2D eigenvalue weighted by Gasteiger charge is -2.06. The van der Waals surface area contributed by atoms with Crippen LogP contribution in [0.15, 0.2) is 12.1 Å². The molecule has 3 rings (SSSR count). The van der Waals surface area contributed by atoms with Crippen LogP contribution >= 0.6 is 12.2 Å². The molecule has 5 heteroatoms. The van der Waals surface area contributed by atoms with Crippen molar-refractivity contribution in [2.45, 2.75) is 32.7 Å². The number of aromatic nitrogens is 4. The van der Waals surface area contributed by atoms with Gasteiger partial charge in [-0.2, -0.15) is 5.10 Å². The molecule has 2 aromatic heterocycles. The lowest BCUT2D eigenvalue weighted by Crippen LogP contribution is -2.00. The maximum absolute atomic E-state index is 5.27. The Kier molecular flexibility index (Phi) is 2.36. The number of pyridine rings is 1. The van der Waals surface area contributed by atoms with Gasteiger partial charge in [0.15, 0.2) is 10.6 Å². The Bertz CT molecular complexity index is 601. The first-order valence-corrected chi connectivity index (χ1v) is 6.18. The highest BCUT2D eigenvalue weighted by molar-refractivity contribution is 7.71. The predicted octanol–water partition coefficient (Wildman–Crippen LogP) is 2.95. The molecule has 0 unspecified atom stereocenters. The van der Waals surface area contributed by atoms with Crippen LogP contribution in [0, 0.1) is 18.6 Å². The Morgan fingerprint density at radius 2 is 2.12 bits per heavy atom. The molecule has 88 valence electrons. The molecule has 2 aromatic rings. The lowest BCUT2D eigenvalue weighted by atomic mass is 10.2. The number of aromatic amines is 1. The lowest BCUT2D eigenvalue weighted by molar-refractivity contribution is 0.732. The van der Waals surface area contributed by atoms with Crippen molar-refractivity contribution >= 4 is 12.2 Å². The van der Waals surface area contributed by atoms with E-state index in [9.17, 15) is 0 Å². The molecule has 0 radical (unpaired) electrons. The van der Waals surface area contributed by atoms with Gasteiger partial charge in [-0.1, -0.05) is 0 Å². The zero-order valence-electron chi connectivity index (χ0n) is 9.90. The number of aryl methyl sites for hydroxylation is 2. The molecule has 1 saturated carbocycles. The monoisotopic (exact) mass is 246 g/mol. The molecule has 0 aromatic carbocycles. The minimum Gasteiger partial charge on any atom is -0.296 e. The van der Waals surface area contributed by atoms with Gasteiger partial charge in [0.25, 0.3) is 0 Å². The topological polar surface area (TPSA) is 46.5 Å². The summed E-state index contributed by atoms with van der Waals surface area (Å²) in [6.45, 7) is 4.07. The van der Waals surface area contributed by atoms with Gasteiger partial charge in [-0.15, -0.1) is 0 Å². The van der Waals surface area contributed by atoms with Gasteiger partial charge in [-0.25, -0.2) is 4.98 Å². The fourth-order valence-corrected chi connectivity index (χ4v) is 2.39. The van der Waals surface area contributed by atoms with Gasteiger partial charge in [0.1, 0.15) is 5.69 Å². The van der Waals surface area contributed by atoms with Crippen LogP contribution in [0.2, 0.25) is 0 Å². The van der Waals surface area contributed by atoms with E-state index in [1.54, 1.807) is 0 Å². The van der Waals surface area contributed by atoms with E-state index in [0.717, 1.165) is 17.2 Å². The highest BCUT2D eigenvalue weighted by Gasteiger charge is 2.28. The first-order valence-electron chi connectivity index (χ1n) is 5.78. The summed E-state index contributed by atoms with van der Waals surface area (Å²) in [6, 6.07) is 4.63. The maximum atomic E-state index is 5.27. The number of hydrogen-bond donors (Lipinski definition) is 1. The second-order valence-electron chi connectivity index (χ2n) is 4.62. The quantitative estimate of drug-likeness (QED) is 0.829. The molecule has 0 aliphatic heterocycles. The molecule has 0 bridgehead atoms. The average Bonchev–Trinajstić information content (AvgIpc) is 3.01. The highest BCUT2D eigenvalue weighted by Crippen LogP contribution is 2.37. The molecule has 4 nitrogen and oxygen atoms in total. The van der Waals surface area contributed by atoms with Crippen molar-refractivity contribution in [1.82, 2.24) is 19.7 Å². The summed E-state index contributed by atoms with van der Waals surface area (Å²) >= 11 is 5.27. The Morgan fingerprint density at radius 3 is 2.76 bits per heavy atom. The van der Waals surface area contributed by atoms with Gasteiger partial charge in [0.2, 0.25) is 0 Å². The minimum absolute atomic E-state index is 0.513. The Hall–Kier alpha value is -1.49. The first-order chi connectivity index (χ1) is 8.15. The first kappa shape index (κ1) is 10.7. The summed E-state index contributed by atoms with van der Waals surface area (Å²) in [4.78, 5) is 4.54. The summed E-state index contributed by atoms with van der Waals surface area (Å²) in [5, 5.41) is 7.18. The predicted molar refractivity (Wildman–Crippen MR) is 68.4 cm³/mol. The number of H-pyrrole nitrogens is 1. The smallest absolute Gasteiger partial charge is 0.195 e. The van der Waals surface area contributed by atoms with Crippen LogP contribution in [0.3, 0.4) is 0 Å². The zero-order valence-corrected chi connectivity index (χ0v) is 10.7.